The first-order valence-electron chi connectivity index (χ1n) is 7.87. The highest BCUT2D eigenvalue weighted by Gasteiger charge is 2.23. The van der Waals surface area contributed by atoms with Crippen molar-refractivity contribution in [3.8, 4) is 17.2 Å². The van der Waals surface area contributed by atoms with Crippen LogP contribution in [-0.2, 0) is 0 Å². The summed E-state index contributed by atoms with van der Waals surface area (Å²) >= 11 is 0. The van der Waals surface area contributed by atoms with Gasteiger partial charge in [0.2, 0.25) is 5.75 Å². The minimum atomic E-state index is -0.285. The molecular formula is C20H20FNO3. The monoisotopic (exact) mass is 341 g/mol. The van der Waals surface area contributed by atoms with Gasteiger partial charge in [0.15, 0.2) is 11.5 Å². The molecule has 3 rings (SSSR count). The zero-order valence-electron chi connectivity index (χ0n) is 14.4. The zero-order valence-corrected chi connectivity index (χ0v) is 14.4. The highest BCUT2D eigenvalue weighted by atomic mass is 19.1. The van der Waals surface area contributed by atoms with Crippen molar-refractivity contribution in [2.75, 3.05) is 20.8 Å². The second kappa shape index (κ2) is 6.61. The number of phenols is 1. The van der Waals surface area contributed by atoms with Crippen molar-refractivity contribution >= 4 is 17.2 Å². The molecule has 4 nitrogen and oxygen atoms in total. The van der Waals surface area contributed by atoms with E-state index >= 15 is 0 Å². The number of fused-ring (bicyclic) bond motifs is 1. The average Bonchev–Trinajstić information content (AvgIpc) is 2.86. The number of phenolic OH excluding ortho intramolecular Hbond substituents is 1. The molecule has 0 aromatic heterocycles. The summed E-state index contributed by atoms with van der Waals surface area (Å²) in [6.45, 7) is 2.31. The topological polar surface area (TPSA) is 64.7 Å². The predicted octanol–water partition coefficient (Wildman–Crippen LogP) is 3.83. The number of ether oxygens (including phenoxy) is 2. The molecule has 0 heterocycles. The van der Waals surface area contributed by atoms with Crippen molar-refractivity contribution in [1.29, 1.82) is 0 Å². The van der Waals surface area contributed by atoms with Crippen LogP contribution in [0.3, 0.4) is 0 Å². The first-order chi connectivity index (χ1) is 12.0. The molecule has 2 aromatic carbocycles. The minimum Gasteiger partial charge on any atom is -0.502 e. The van der Waals surface area contributed by atoms with Gasteiger partial charge < -0.3 is 20.3 Å². The van der Waals surface area contributed by atoms with Crippen LogP contribution in [0.5, 0.6) is 17.2 Å². The van der Waals surface area contributed by atoms with Crippen LogP contribution in [-0.4, -0.2) is 25.9 Å². The fourth-order valence-corrected chi connectivity index (χ4v) is 3.18. The molecule has 2 aromatic rings. The van der Waals surface area contributed by atoms with E-state index in [2.05, 4.69) is 0 Å². The first-order valence-corrected chi connectivity index (χ1v) is 7.87. The zero-order chi connectivity index (χ0) is 18.1. The fourth-order valence-electron chi connectivity index (χ4n) is 3.18. The van der Waals surface area contributed by atoms with Crippen molar-refractivity contribution in [3.63, 3.8) is 0 Å². The molecule has 130 valence electrons. The molecule has 25 heavy (non-hydrogen) atoms. The number of halogens is 1. The number of methoxy groups -OCH3 is 2. The quantitative estimate of drug-likeness (QED) is 0.887. The first kappa shape index (κ1) is 17.0. The summed E-state index contributed by atoms with van der Waals surface area (Å²) in [6.07, 6.45) is 1.96. The molecule has 0 atom stereocenters. The normalized spacial score (nSPS) is 14.8. The molecule has 0 saturated carbocycles. The molecule has 0 unspecified atom stereocenters. The molecular weight excluding hydrogens is 321 g/mol. The lowest BCUT2D eigenvalue weighted by atomic mass is 10.00. The molecule has 0 spiro atoms. The Morgan fingerprint density at radius 1 is 1.08 bits per heavy atom. The molecule has 0 fully saturated rings. The smallest absolute Gasteiger partial charge is 0.200 e. The Balaban J connectivity index is 2.19. The maximum absolute atomic E-state index is 13.7. The maximum Gasteiger partial charge on any atom is 0.200 e. The molecule has 3 N–H and O–H groups in total. The van der Waals surface area contributed by atoms with Crippen LogP contribution in [0.25, 0.3) is 17.2 Å². The Morgan fingerprint density at radius 3 is 2.28 bits per heavy atom. The summed E-state index contributed by atoms with van der Waals surface area (Å²) in [5, 5.41) is 10.1. The molecule has 0 bridgehead atoms. The van der Waals surface area contributed by atoms with Gasteiger partial charge in [-0.3, -0.25) is 0 Å². The molecule has 5 heteroatoms. The SMILES string of the molecule is COc1cc(/C=C2/C(C)=C(CN)c3cc(F)ccc32)cc(OC)c1O. The second-order valence-electron chi connectivity index (χ2n) is 5.83. The largest absolute Gasteiger partial charge is 0.502 e. The third-order valence-corrected chi connectivity index (χ3v) is 4.47. The number of hydrogen-bond acceptors (Lipinski definition) is 4. The molecule has 1 aliphatic carbocycles. The Bertz CT molecular complexity index is 875. The lowest BCUT2D eigenvalue weighted by Gasteiger charge is -2.11. The summed E-state index contributed by atoms with van der Waals surface area (Å²) < 4.78 is 24.1. The summed E-state index contributed by atoms with van der Waals surface area (Å²) in [5.74, 6) is 0.316. The molecule has 0 amide bonds. The van der Waals surface area contributed by atoms with Gasteiger partial charge >= 0.3 is 0 Å². The molecule has 1 aliphatic rings. The minimum absolute atomic E-state index is 0.0454. The summed E-state index contributed by atoms with van der Waals surface area (Å²) in [7, 11) is 2.97. The van der Waals surface area contributed by atoms with Gasteiger partial charge in [0, 0.05) is 6.54 Å². The summed E-state index contributed by atoms with van der Waals surface area (Å²) in [4.78, 5) is 0. The third kappa shape index (κ3) is 2.87. The van der Waals surface area contributed by atoms with Gasteiger partial charge in [-0.1, -0.05) is 6.07 Å². The van der Waals surface area contributed by atoms with Gasteiger partial charge in [-0.15, -0.1) is 0 Å². The molecule has 0 radical (unpaired) electrons. The van der Waals surface area contributed by atoms with Crippen LogP contribution in [0, 0.1) is 5.82 Å². The van der Waals surface area contributed by atoms with E-state index in [1.54, 1.807) is 18.2 Å². The summed E-state index contributed by atoms with van der Waals surface area (Å²) in [6, 6.07) is 8.17. The van der Waals surface area contributed by atoms with Crippen molar-refractivity contribution in [3.05, 3.63) is 58.4 Å². The van der Waals surface area contributed by atoms with E-state index in [-0.39, 0.29) is 11.6 Å². The lowest BCUT2D eigenvalue weighted by Crippen LogP contribution is -2.02. The highest BCUT2D eigenvalue weighted by molar-refractivity contribution is 6.05. The van der Waals surface area contributed by atoms with Gasteiger partial charge in [0.25, 0.3) is 0 Å². The van der Waals surface area contributed by atoms with Crippen LogP contribution in [0.2, 0.25) is 0 Å². The fraction of sp³-hybridized carbons (Fsp3) is 0.200. The van der Waals surface area contributed by atoms with E-state index in [1.807, 2.05) is 13.0 Å². The van der Waals surface area contributed by atoms with E-state index in [9.17, 15) is 9.50 Å². The van der Waals surface area contributed by atoms with Crippen LogP contribution in [0.4, 0.5) is 4.39 Å². The van der Waals surface area contributed by atoms with Crippen LogP contribution in [0.1, 0.15) is 23.6 Å². The van der Waals surface area contributed by atoms with Crippen molar-refractivity contribution in [2.45, 2.75) is 6.92 Å². The van der Waals surface area contributed by atoms with Crippen LogP contribution in [0.15, 0.2) is 35.9 Å². The maximum atomic E-state index is 13.7. The number of hydrogen-bond donors (Lipinski definition) is 2. The third-order valence-electron chi connectivity index (χ3n) is 4.47. The van der Waals surface area contributed by atoms with Gasteiger partial charge in [0.1, 0.15) is 5.82 Å². The lowest BCUT2D eigenvalue weighted by molar-refractivity contribution is 0.340. The second-order valence-corrected chi connectivity index (χ2v) is 5.83. The van der Waals surface area contributed by atoms with Gasteiger partial charge in [-0.2, -0.15) is 0 Å². The Hall–Kier alpha value is -2.79. The Kier molecular flexibility index (Phi) is 4.51. The van der Waals surface area contributed by atoms with E-state index < -0.39 is 0 Å². The average molecular weight is 341 g/mol. The van der Waals surface area contributed by atoms with Gasteiger partial charge in [-0.25, -0.2) is 4.39 Å². The van der Waals surface area contributed by atoms with E-state index in [0.717, 1.165) is 33.4 Å². The van der Waals surface area contributed by atoms with E-state index in [1.165, 1.54) is 26.4 Å². The molecule has 0 aliphatic heterocycles. The molecule has 0 saturated heterocycles. The number of allylic oxidation sites excluding steroid dienone is 2. The van der Waals surface area contributed by atoms with E-state index in [4.69, 9.17) is 15.2 Å². The van der Waals surface area contributed by atoms with Gasteiger partial charge in [-0.05, 0) is 70.7 Å². The predicted molar refractivity (Wildman–Crippen MR) is 97.1 cm³/mol. The van der Waals surface area contributed by atoms with Crippen molar-refractivity contribution in [1.82, 2.24) is 0 Å². The Labute approximate surface area is 146 Å². The number of aromatic hydroxyl groups is 1. The number of rotatable bonds is 4. The van der Waals surface area contributed by atoms with Gasteiger partial charge in [0.05, 0.1) is 14.2 Å². The van der Waals surface area contributed by atoms with Crippen LogP contribution < -0.4 is 15.2 Å². The summed E-state index contributed by atoms with van der Waals surface area (Å²) in [5.41, 5.74) is 11.3. The highest BCUT2D eigenvalue weighted by Crippen LogP contribution is 2.43. The number of nitrogens with two attached hydrogens (primary N) is 1. The standard InChI is InChI=1S/C20H20FNO3/c1-11-15(14-5-4-13(21)9-16(14)17(11)10-22)6-12-7-18(24-2)20(23)19(8-12)25-3/h4-9,23H,10,22H2,1-3H3/b15-6-. The van der Waals surface area contributed by atoms with Crippen LogP contribution >= 0.6 is 0 Å². The Morgan fingerprint density at radius 2 is 1.72 bits per heavy atom. The van der Waals surface area contributed by atoms with Crippen molar-refractivity contribution in [2.24, 2.45) is 5.73 Å². The van der Waals surface area contributed by atoms with E-state index in [0.29, 0.717) is 18.0 Å². The number of benzene rings is 2. The van der Waals surface area contributed by atoms with Crippen molar-refractivity contribution < 1.29 is 19.0 Å².